The maximum atomic E-state index is 11.3. The van der Waals surface area contributed by atoms with E-state index < -0.39 is 0 Å². The number of hydrogen-bond acceptors (Lipinski definition) is 4. The van der Waals surface area contributed by atoms with Crippen LogP contribution < -0.4 is 5.32 Å². The normalized spacial score (nSPS) is 12.2. The van der Waals surface area contributed by atoms with E-state index in [1.165, 1.54) is 7.11 Å². The predicted molar refractivity (Wildman–Crippen MR) is 67.0 cm³/mol. The number of likely N-dealkylation sites (N-methyl/N-ethyl adjacent to an activating group) is 1. The number of nitrogens with one attached hydrogen (secondary N) is 1. The first-order valence-electron chi connectivity index (χ1n) is 4.81. The molecule has 0 aliphatic rings. The monoisotopic (exact) mass is 259 g/mol. The Hall–Kier alpha value is -0.710. The van der Waals surface area contributed by atoms with Gasteiger partial charge in [0.05, 0.1) is 7.11 Å². The van der Waals surface area contributed by atoms with E-state index in [1.807, 2.05) is 24.3 Å². The Bertz CT molecular complexity index is 342. The molecule has 0 bridgehead atoms. The molecule has 16 heavy (non-hydrogen) atoms. The van der Waals surface area contributed by atoms with Gasteiger partial charge in [-0.3, -0.25) is 4.79 Å². The lowest BCUT2D eigenvalue weighted by molar-refractivity contribution is -0.142. The molecule has 1 N–H and O–H groups in total. The average molecular weight is 260 g/mol. The fourth-order valence-corrected chi connectivity index (χ4v) is 2.24. The van der Waals surface area contributed by atoms with E-state index in [0.717, 1.165) is 4.90 Å². The average Bonchev–Trinajstić information content (AvgIpc) is 2.31. The maximum absolute atomic E-state index is 11.3. The number of methoxy groups -OCH3 is 1. The van der Waals surface area contributed by atoms with E-state index in [2.05, 4.69) is 10.1 Å². The van der Waals surface area contributed by atoms with Gasteiger partial charge in [0.2, 0.25) is 0 Å². The minimum absolute atomic E-state index is 0.246. The topological polar surface area (TPSA) is 38.3 Å². The van der Waals surface area contributed by atoms with Gasteiger partial charge in [-0.2, -0.15) is 0 Å². The molecule has 0 aliphatic heterocycles. The summed E-state index contributed by atoms with van der Waals surface area (Å²) in [6, 6.07) is 7.23. The van der Waals surface area contributed by atoms with Gasteiger partial charge < -0.3 is 10.1 Å². The molecule has 1 rings (SSSR count). The summed E-state index contributed by atoms with van der Waals surface area (Å²) in [4.78, 5) is 12.4. The predicted octanol–water partition coefficient (Wildman–Crippen LogP) is 2.19. The fraction of sp³-hybridized carbons (Fsp3) is 0.364. The second kappa shape index (κ2) is 6.78. The van der Waals surface area contributed by atoms with E-state index in [9.17, 15) is 4.79 Å². The van der Waals surface area contributed by atoms with Crippen molar-refractivity contribution in [3.05, 3.63) is 29.3 Å². The minimum atomic E-state index is -0.286. The molecule has 1 aromatic rings. The molecule has 1 atom stereocenters. The zero-order valence-corrected chi connectivity index (χ0v) is 10.8. The molecule has 0 aromatic heterocycles. The minimum Gasteiger partial charge on any atom is -0.468 e. The van der Waals surface area contributed by atoms with Crippen molar-refractivity contribution < 1.29 is 9.53 Å². The Morgan fingerprint density at radius 3 is 2.62 bits per heavy atom. The van der Waals surface area contributed by atoms with Gasteiger partial charge in [0, 0.05) is 15.7 Å². The Morgan fingerprint density at radius 2 is 2.12 bits per heavy atom. The summed E-state index contributed by atoms with van der Waals surface area (Å²) in [7, 11) is 3.13. The Labute approximate surface area is 105 Å². The van der Waals surface area contributed by atoms with Crippen LogP contribution in [0.4, 0.5) is 0 Å². The number of benzene rings is 1. The van der Waals surface area contributed by atoms with Gasteiger partial charge in [0.25, 0.3) is 0 Å². The largest absolute Gasteiger partial charge is 0.468 e. The molecule has 0 spiro atoms. The van der Waals surface area contributed by atoms with Crippen LogP contribution in [0.2, 0.25) is 5.02 Å². The van der Waals surface area contributed by atoms with E-state index in [4.69, 9.17) is 11.6 Å². The van der Waals surface area contributed by atoms with Crippen molar-refractivity contribution in [2.45, 2.75) is 10.9 Å². The van der Waals surface area contributed by atoms with Gasteiger partial charge in [-0.1, -0.05) is 11.6 Å². The van der Waals surface area contributed by atoms with Gasteiger partial charge in [-0.25, -0.2) is 0 Å². The standard InChI is InChI=1S/C11H14ClNO2S/c1-13-10(11(14)15-2)7-16-9-5-3-8(12)4-6-9/h3-6,10,13H,7H2,1-2H3. The number of halogens is 1. The van der Waals surface area contributed by atoms with E-state index in [0.29, 0.717) is 10.8 Å². The summed E-state index contributed by atoms with van der Waals surface area (Å²) in [6.45, 7) is 0. The van der Waals surface area contributed by atoms with Crippen LogP contribution in [0.3, 0.4) is 0 Å². The van der Waals surface area contributed by atoms with Crippen LogP contribution in [0.5, 0.6) is 0 Å². The number of rotatable bonds is 5. The molecule has 0 aliphatic carbocycles. The summed E-state index contributed by atoms with van der Waals surface area (Å²) >= 11 is 7.36. The van der Waals surface area contributed by atoms with Crippen molar-refractivity contribution in [2.75, 3.05) is 19.9 Å². The van der Waals surface area contributed by atoms with Crippen LogP contribution in [0.1, 0.15) is 0 Å². The first-order chi connectivity index (χ1) is 7.67. The molecule has 1 aromatic carbocycles. The van der Waals surface area contributed by atoms with Crippen LogP contribution in [0.25, 0.3) is 0 Å². The third-order valence-corrected chi connectivity index (χ3v) is 3.42. The van der Waals surface area contributed by atoms with Crippen molar-refractivity contribution in [3.8, 4) is 0 Å². The molecule has 88 valence electrons. The molecule has 0 saturated carbocycles. The molecular formula is C11H14ClNO2S. The zero-order valence-electron chi connectivity index (χ0n) is 9.20. The van der Waals surface area contributed by atoms with E-state index in [-0.39, 0.29) is 12.0 Å². The third-order valence-electron chi connectivity index (χ3n) is 2.06. The second-order valence-electron chi connectivity index (χ2n) is 3.13. The second-order valence-corrected chi connectivity index (χ2v) is 4.66. The summed E-state index contributed by atoms with van der Waals surface area (Å²) in [5, 5.41) is 3.62. The van der Waals surface area contributed by atoms with Crippen LogP contribution >= 0.6 is 23.4 Å². The van der Waals surface area contributed by atoms with E-state index >= 15 is 0 Å². The number of esters is 1. The highest BCUT2D eigenvalue weighted by Gasteiger charge is 2.16. The number of hydrogen-bond donors (Lipinski definition) is 1. The third kappa shape index (κ3) is 4.04. The van der Waals surface area contributed by atoms with Gasteiger partial charge in [0.1, 0.15) is 6.04 Å². The lowest BCUT2D eigenvalue weighted by atomic mass is 10.3. The molecule has 0 saturated heterocycles. The highest BCUT2D eigenvalue weighted by Crippen LogP contribution is 2.21. The molecule has 0 amide bonds. The van der Waals surface area contributed by atoms with Gasteiger partial charge in [0.15, 0.2) is 0 Å². The lowest BCUT2D eigenvalue weighted by Crippen LogP contribution is -2.37. The molecular weight excluding hydrogens is 246 g/mol. The zero-order chi connectivity index (χ0) is 12.0. The quantitative estimate of drug-likeness (QED) is 0.650. The van der Waals surface area contributed by atoms with E-state index in [1.54, 1.807) is 18.8 Å². The summed E-state index contributed by atoms with van der Waals surface area (Å²) in [5.74, 6) is 0.383. The summed E-state index contributed by atoms with van der Waals surface area (Å²) in [6.07, 6.45) is 0. The SMILES string of the molecule is CNC(CSc1ccc(Cl)cc1)C(=O)OC. The first kappa shape index (κ1) is 13.4. The Morgan fingerprint density at radius 1 is 1.50 bits per heavy atom. The molecule has 1 unspecified atom stereocenters. The summed E-state index contributed by atoms with van der Waals surface area (Å²) in [5.41, 5.74) is 0. The number of carbonyl (C=O) groups is 1. The first-order valence-corrected chi connectivity index (χ1v) is 6.17. The number of carbonyl (C=O) groups excluding carboxylic acids is 1. The van der Waals surface area contributed by atoms with Crippen molar-refractivity contribution in [3.63, 3.8) is 0 Å². The van der Waals surface area contributed by atoms with Crippen LogP contribution in [-0.2, 0) is 9.53 Å². The Balaban J connectivity index is 2.49. The molecule has 0 fully saturated rings. The Kier molecular flexibility index (Phi) is 5.66. The summed E-state index contributed by atoms with van der Waals surface area (Å²) < 4.78 is 4.67. The van der Waals surface area contributed by atoms with Crippen LogP contribution in [0.15, 0.2) is 29.2 Å². The van der Waals surface area contributed by atoms with Crippen molar-refractivity contribution in [2.24, 2.45) is 0 Å². The smallest absolute Gasteiger partial charge is 0.323 e. The maximum Gasteiger partial charge on any atom is 0.323 e. The van der Waals surface area contributed by atoms with Crippen molar-refractivity contribution >= 4 is 29.3 Å². The molecule has 0 radical (unpaired) electrons. The molecule has 0 heterocycles. The van der Waals surface area contributed by atoms with Crippen molar-refractivity contribution in [1.82, 2.24) is 5.32 Å². The highest BCUT2D eigenvalue weighted by atomic mass is 35.5. The van der Waals surface area contributed by atoms with Crippen LogP contribution in [-0.4, -0.2) is 31.9 Å². The number of thioether (sulfide) groups is 1. The lowest BCUT2D eigenvalue weighted by Gasteiger charge is -2.12. The van der Waals surface area contributed by atoms with Crippen LogP contribution in [0, 0.1) is 0 Å². The fourth-order valence-electron chi connectivity index (χ4n) is 1.12. The van der Waals surface area contributed by atoms with Gasteiger partial charge >= 0.3 is 5.97 Å². The van der Waals surface area contributed by atoms with Crippen molar-refractivity contribution in [1.29, 1.82) is 0 Å². The van der Waals surface area contributed by atoms with Gasteiger partial charge in [-0.05, 0) is 31.3 Å². The van der Waals surface area contributed by atoms with Gasteiger partial charge in [-0.15, -0.1) is 11.8 Å². The highest BCUT2D eigenvalue weighted by molar-refractivity contribution is 7.99. The molecule has 5 heteroatoms. The molecule has 3 nitrogen and oxygen atoms in total. The number of ether oxygens (including phenoxy) is 1.